The van der Waals surface area contributed by atoms with Crippen LogP contribution < -0.4 is 5.73 Å². The normalized spacial score (nSPS) is 11.3. The molecule has 0 saturated carbocycles. The first-order chi connectivity index (χ1) is 6.97. The largest absolute Gasteiger partial charge is 0.395 e. The van der Waals surface area contributed by atoms with Gasteiger partial charge in [0.15, 0.2) is 9.84 Å². The summed E-state index contributed by atoms with van der Waals surface area (Å²) in [6.45, 7) is -0.424. The Balaban J connectivity index is 3.16. The third-order valence-corrected chi connectivity index (χ3v) is 3.56. The maximum atomic E-state index is 11.5. The molecule has 0 atom stereocenters. The van der Waals surface area contributed by atoms with E-state index in [1.165, 1.54) is 18.2 Å². The number of amidine groups is 1. The van der Waals surface area contributed by atoms with E-state index >= 15 is 0 Å². The molecule has 4 N–H and O–H groups in total. The molecular weight excluding hydrogens is 216 g/mol. The van der Waals surface area contributed by atoms with Crippen LogP contribution in [0.3, 0.4) is 0 Å². The summed E-state index contributed by atoms with van der Waals surface area (Å²) < 4.78 is 23.1. The standard InChI is InChI=1S/C9H12N2O3S/c10-9(11)7-2-1-3-8(6-7)15(13,14)5-4-12/h1-3,6,12H,4-5H2,(H3,10,11). The summed E-state index contributed by atoms with van der Waals surface area (Å²) in [7, 11) is -3.47. The van der Waals surface area contributed by atoms with Gasteiger partial charge in [0.05, 0.1) is 17.3 Å². The fraction of sp³-hybridized carbons (Fsp3) is 0.222. The molecule has 0 amide bonds. The Morgan fingerprint density at radius 1 is 1.47 bits per heavy atom. The summed E-state index contributed by atoms with van der Waals surface area (Å²) in [5.41, 5.74) is 5.59. The monoisotopic (exact) mass is 228 g/mol. The number of nitrogen functional groups attached to an aromatic ring is 1. The second-order valence-corrected chi connectivity index (χ2v) is 5.09. The number of rotatable bonds is 4. The molecule has 0 fully saturated rings. The molecule has 1 aromatic carbocycles. The molecule has 0 aromatic heterocycles. The van der Waals surface area contributed by atoms with Crippen molar-refractivity contribution < 1.29 is 13.5 Å². The zero-order valence-electron chi connectivity index (χ0n) is 7.97. The third-order valence-electron chi connectivity index (χ3n) is 1.86. The lowest BCUT2D eigenvalue weighted by molar-refractivity contribution is 0.319. The lowest BCUT2D eigenvalue weighted by Crippen LogP contribution is -2.14. The summed E-state index contributed by atoms with van der Waals surface area (Å²) in [4.78, 5) is 0.0734. The highest BCUT2D eigenvalue weighted by molar-refractivity contribution is 7.91. The van der Waals surface area contributed by atoms with Gasteiger partial charge in [-0.3, -0.25) is 5.41 Å². The van der Waals surface area contributed by atoms with Gasteiger partial charge in [0, 0.05) is 5.56 Å². The number of aliphatic hydroxyl groups excluding tert-OH is 1. The van der Waals surface area contributed by atoms with Crippen molar-refractivity contribution in [2.45, 2.75) is 4.90 Å². The van der Waals surface area contributed by atoms with E-state index in [1.54, 1.807) is 6.07 Å². The lowest BCUT2D eigenvalue weighted by atomic mass is 10.2. The van der Waals surface area contributed by atoms with E-state index in [2.05, 4.69) is 0 Å². The molecule has 0 radical (unpaired) electrons. The predicted molar refractivity (Wildman–Crippen MR) is 56.6 cm³/mol. The maximum absolute atomic E-state index is 11.5. The quantitative estimate of drug-likeness (QED) is 0.487. The SMILES string of the molecule is N=C(N)c1cccc(S(=O)(=O)CCO)c1. The minimum absolute atomic E-state index is 0.0734. The van der Waals surface area contributed by atoms with Gasteiger partial charge in [-0.1, -0.05) is 12.1 Å². The summed E-state index contributed by atoms with van der Waals surface area (Å²) in [6.07, 6.45) is 0. The lowest BCUT2D eigenvalue weighted by Gasteiger charge is -2.04. The van der Waals surface area contributed by atoms with Crippen molar-refractivity contribution in [2.75, 3.05) is 12.4 Å². The van der Waals surface area contributed by atoms with E-state index in [4.69, 9.17) is 16.2 Å². The number of nitrogens with one attached hydrogen (secondary N) is 1. The van der Waals surface area contributed by atoms with Crippen LogP contribution in [-0.4, -0.2) is 31.7 Å². The molecule has 0 aliphatic heterocycles. The van der Waals surface area contributed by atoms with Gasteiger partial charge in [-0.2, -0.15) is 0 Å². The zero-order chi connectivity index (χ0) is 11.5. The van der Waals surface area contributed by atoms with Crippen LogP contribution in [0.4, 0.5) is 0 Å². The molecule has 0 unspecified atom stereocenters. The van der Waals surface area contributed by atoms with Gasteiger partial charge in [-0.05, 0) is 12.1 Å². The molecular formula is C9H12N2O3S. The minimum atomic E-state index is -3.47. The number of nitrogens with two attached hydrogens (primary N) is 1. The Labute approximate surface area is 88.0 Å². The van der Waals surface area contributed by atoms with Crippen molar-refractivity contribution in [1.82, 2.24) is 0 Å². The van der Waals surface area contributed by atoms with Gasteiger partial charge in [0.2, 0.25) is 0 Å². The Morgan fingerprint density at radius 2 is 2.13 bits per heavy atom. The molecule has 15 heavy (non-hydrogen) atoms. The fourth-order valence-corrected chi connectivity index (χ4v) is 2.16. The van der Waals surface area contributed by atoms with Crippen LogP contribution >= 0.6 is 0 Å². The topological polar surface area (TPSA) is 104 Å². The number of sulfone groups is 1. The molecule has 0 spiro atoms. The van der Waals surface area contributed by atoms with Gasteiger partial charge < -0.3 is 10.8 Å². The maximum Gasteiger partial charge on any atom is 0.180 e. The van der Waals surface area contributed by atoms with Crippen LogP contribution in [0.2, 0.25) is 0 Å². The molecule has 82 valence electrons. The number of aliphatic hydroxyl groups is 1. The van der Waals surface area contributed by atoms with Crippen LogP contribution in [0.1, 0.15) is 5.56 Å². The van der Waals surface area contributed by atoms with Crippen molar-refractivity contribution in [1.29, 1.82) is 5.41 Å². The molecule has 6 heteroatoms. The minimum Gasteiger partial charge on any atom is -0.395 e. The van der Waals surface area contributed by atoms with Crippen LogP contribution in [0.15, 0.2) is 29.2 Å². The average Bonchev–Trinajstić information content (AvgIpc) is 2.18. The van der Waals surface area contributed by atoms with Gasteiger partial charge >= 0.3 is 0 Å². The summed E-state index contributed by atoms with van der Waals surface area (Å²) in [5.74, 6) is -0.509. The molecule has 0 saturated heterocycles. The van der Waals surface area contributed by atoms with Gasteiger partial charge in [0.25, 0.3) is 0 Å². The van der Waals surface area contributed by atoms with Crippen molar-refractivity contribution in [3.05, 3.63) is 29.8 Å². The number of hydrogen-bond acceptors (Lipinski definition) is 4. The van der Waals surface area contributed by atoms with Crippen LogP contribution in [-0.2, 0) is 9.84 Å². The molecule has 0 bridgehead atoms. The molecule has 1 aromatic rings. The van der Waals surface area contributed by atoms with Crippen molar-refractivity contribution in [3.8, 4) is 0 Å². The van der Waals surface area contributed by atoms with Crippen molar-refractivity contribution >= 4 is 15.7 Å². The van der Waals surface area contributed by atoms with E-state index in [1.807, 2.05) is 0 Å². The van der Waals surface area contributed by atoms with E-state index in [9.17, 15) is 8.42 Å². The molecule has 0 heterocycles. The Kier molecular flexibility index (Phi) is 3.43. The third kappa shape index (κ3) is 2.77. The van der Waals surface area contributed by atoms with Gasteiger partial charge in [-0.15, -0.1) is 0 Å². The molecule has 0 aliphatic rings. The van der Waals surface area contributed by atoms with E-state index in [-0.39, 0.29) is 16.5 Å². The predicted octanol–water partition coefficient (Wildman–Crippen LogP) is -0.263. The van der Waals surface area contributed by atoms with Crippen LogP contribution in [0.5, 0.6) is 0 Å². The van der Waals surface area contributed by atoms with E-state index in [0.29, 0.717) is 5.56 Å². The second-order valence-electron chi connectivity index (χ2n) is 2.98. The Morgan fingerprint density at radius 3 is 2.67 bits per heavy atom. The summed E-state index contributed by atoms with van der Waals surface area (Å²) in [6, 6.07) is 5.81. The Bertz CT molecular complexity index is 468. The first-order valence-electron chi connectivity index (χ1n) is 4.25. The van der Waals surface area contributed by atoms with Crippen molar-refractivity contribution in [2.24, 2.45) is 5.73 Å². The van der Waals surface area contributed by atoms with Crippen LogP contribution in [0, 0.1) is 5.41 Å². The Hall–Kier alpha value is -1.40. The average molecular weight is 228 g/mol. The first-order valence-corrected chi connectivity index (χ1v) is 5.90. The van der Waals surface area contributed by atoms with E-state index < -0.39 is 16.4 Å². The number of hydrogen-bond donors (Lipinski definition) is 3. The van der Waals surface area contributed by atoms with Gasteiger partial charge in [0.1, 0.15) is 5.84 Å². The second kappa shape index (κ2) is 4.41. The van der Waals surface area contributed by atoms with Crippen molar-refractivity contribution in [3.63, 3.8) is 0 Å². The fourth-order valence-electron chi connectivity index (χ4n) is 1.10. The van der Waals surface area contributed by atoms with Gasteiger partial charge in [-0.25, -0.2) is 8.42 Å². The van der Waals surface area contributed by atoms with Crippen LogP contribution in [0.25, 0.3) is 0 Å². The molecule has 5 nitrogen and oxygen atoms in total. The highest BCUT2D eigenvalue weighted by atomic mass is 32.2. The summed E-state index contributed by atoms with van der Waals surface area (Å²) >= 11 is 0. The highest BCUT2D eigenvalue weighted by Gasteiger charge is 2.14. The smallest absolute Gasteiger partial charge is 0.180 e. The zero-order valence-corrected chi connectivity index (χ0v) is 8.79. The first kappa shape index (κ1) is 11.7. The molecule has 0 aliphatic carbocycles. The van der Waals surface area contributed by atoms with E-state index in [0.717, 1.165) is 0 Å². The summed E-state index contributed by atoms with van der Waals surface area (Å²) in [5, 5.41) is 15.8. The highest BCUT2D eigenvalue weighted by Crippen LogP contribution is 2.12. The molecule has 1 rings (SSSR count). The number of benzene rings is 1.